The first kappa shape index (κ1) is 14.7. The predicted octanol–water partition coefficient (Wildman–Crippen LogP) is 1.48. The molecule has 0 saturated heterocycles. The lowest BCUT2D eigenvalue weighted by atomic mass is 9.82. The van der Waals surface area contributed by atoms with E-state index in [9.17, 15) is 9.59 Å². The zero-order valence-corrected chi connectivity index (χ0v) is 11.5. The van der Waals surface area contributed by atoms with Crippen molar-refractivity contribution >= 4 is 63.7 Å². The summed E-state index contributed by atoms with van der Waals surface area (Å²) in [5, 5.41) is 2.15. The molecule has 0 aromatic heterocycles. The van der Waals surface area contributed by atoms with Crippen molar-refractivity contribution in [3.63, 3.8) is 0 Å². The highest BCUT2D eigenvalue weighted by atomic mass is 35.6. The van der Waals surface area contributed by atoms with Crippen LogP contribution in [0, 0.1) is 11.8 Å². The minimum absolute atomic E-state index is 0.313. The van der Waals surface area contributed by atoms with Crippen molar-refractivity contribution in [2.75, 3.05) is 0 Å². The highest BCUT2D eigenvalue weighted by Crippen LogP contribution is 2.28. The number of thiocarbonyl (C=S) groups is 1. The number of hydrogen-bond donors (Lipinski definition) is 2. The van der Waals surface area contributed by atoms with Crippen LogP contribution in [0.5, 0.6) is 0 Å². The first-order chi connectivity index (χ1) is 7.72. The Bertz CT molecular complexity index is 392. The van der Waals surface area contributed by atoms with Gasteiger partial charge in [-0.05, 0) is 6.42 Å². The third kappa shape index (κ3) is 4.10. The van der Waals surface area contributed by atoms with Gasteiger partial charge in [0.1, 0.15) is 0 Å². The molecule has 0 bridgehead atoms. The quantitative estimate of drug-likeness (QED) is 0.460. The largest absolute Gasteiger partial charge is 0.369 e. The number of alkyl halides is 3. The summed E-state index contributed by atoms with van der Waals surface area (Å²) in [6.07, 6.45) is 3.59. The number of nitrogens with one attached hydrogen (secondary N) is 1. The fourth-order valence-electron chi connectivity index (χ4n) is 1.60. The molecule has 1 aliphatic rings. The SMILES string of the molecule is NC(=O)C1C(=S)C=CCC1C(=O)NC(Cl)(Cl)Cl. The summed E-state index contributed by atoms with van der Waals surface area (Å²) in [7, 11) is 0. The van der Waals surface area contributed by atoms with E-state index in [0.717, 1.165) is 0 Å². The Morgan fingerprint density at radius 1 is 1.47 bits per heavy atom. The molecule has 0 spiro atoms. The van der Waals surface area contributed by atoms with Crippen LogP contribution in [-0.2, 0) is 9.59 Å². The second-order valence-corrected chi connectivity index (χ2v) is 6.27. The summed E-state index contributed by atoms with van der Waals surface area (Å²) in [6.45, 7) is 0. The number of rotatable bonds is 2. The number of hydrogen-bond acceptors (Lipinski definition) is 3. The Balaban J connectivity index is 2.88. The van der Waals surface area contributed by atoms with Crippen LogP contribution >= 0.6 is 47.0 Å². The van der Waals surface area contributed by atoms with E-state index in [1.54, 1.807) is 12.2 Å². The van der Waals surface area contributed by atoms with Crippen LogP contribution in [0.2, 0.25) is 0 Å². The number of amides is 2. The zero-order valence-electron chi connectivity index (χ0n) is 8.45. The third-order valence-corrected chi connectivity index (χ3v) is 2.96. The lowest BCUT2D eigenvalue weighted by Gasteiger charge is -2.27. The van der Waals surface area contributed by atoms with Crippen molar-refractivity contribution in [3.8, 4) is 0 Å². The molecule has 94 valence electrons. The van der Waals surface area contributed by atoms with Gasteiger partial charge in [-0.2, -0.15) is 0 Å². The first-order valence-electron chi connectivity index (χ1n) is 4.61. The summed E-state index contributed by atoms with van der Waals surface area (Å²) in [5.74, 6) is -2.81. The van der Waals surface area contributed by atoms with Crippen molar-refractivity contribution in [1.82, 2.24) is 5.32 Å². The number of nitrogens with two attached hydrogens (primary N) is 1. The van der Waals surface area contributed by atoms with Gasteiger partial charge in [-0.25, -0.2) is 0 Å². The Morgan fingerprint density at radius 2 is 2.06 bits per heavy atom. The average Bonchev–Trinajstić information content (AvgIpc) is 2.13. The highest BCUT2D eigenvalue weighted by Gasteiger charge is 2.38. The molecule has 0 fully saturated rings. The van der Waals surface area contributed by atoms with Gasteiger partial charge in [0.25, 0.3) is 3.92 Å². The number of primary amides is 1. The van der Waals surface area contributed by atoms with Gasteiger partial charge in [0, 0.05) is 4.86 Å². The van der Waals surface area contributed by atoms with Gasteiger partial charge in [-0.15, -0.1) is 0 Å². The van der Waals surface area contributed by atoms with Crippen LogP contribution in [0.1, 0.15) is 6.42 Å². The molecule has 3 N–H and O–H groups in total. The molecule has 0 aromatic carbocycles. The van der Waals surface area contributed by atoms with E-state index in [2.05, 4.69) is 5.32 Å². The van der Waals surface area contributed by atoms with Gasteiger partial charge < -0.3 is 11.1 Å². The molecule has 1 rings (SSSR count). The molecule has 0 saturated carbocycles. The van der Waals surface area contributed by atoms with E-state index in [-0.39, 0.29) is 0 Å². The molecule has 1 aliphatic carbocycles. The molecule has 17 heavy (non-hydrogen) atoms. The van der Waals surface area contributed by atoms with Gasteiger partial charge in [0.15, 0.2) is 0 Å². The van der Waals surface area contributed by atoms with E-state index in [4.69, 9.17) is 52.8 Å². The molecular formula is C9H9Cl3N2O2S. The monoisotopic (exact) mass is 314 g/mol. The Kier molecular flexibility index (Phi) is 4.77. The van der Waals surface area contributed by atoms with E-state index < -0.39 is 27.6 Å². The number of allylic oxidation sites excluding steroid dienone is 2. The lowest BCUT2D eigenvalue weighted by Crippen LogP contribution is -2.47. The standard InChI is InChI=1S/C9H9Cl3N2O2S/c10-9(11,12)14-8(16)4-2-1-3-5(17)6(4)7(13)15/h1,3-4,6H,2H2,(H2,13,15)(H,14,16). The van der Waals surface area contributed by atoms with Gasteiger partial charge in [-0.1, -0.05) is 59.2 Å². The minimum atomic E-state index is -1.91. The summed E-state index contributed by atoms with van der Waals surface area (Å²) >= 11 is 21.3. The minimum Gasteiger partial charge on any atom is -0.369 e. The fraction of sp³-hybridized carbons (Fsp3) is 0.444. The van der Waals surface area contributed by atoms with Crippen LogP contribution in [-0.4, -0.2) is 20.6 Å². The van der Waals surface area contributed by atoms with E-state index in [0.29, 0.717) is 11.3 Å². The molecule has 8 heteroatoms. The molecule has 0 radical (unpaired) electrons. The Morgan fingerprint density at radius 3 is 2.53 bits per heavy atom. The van der Waals surface area contributed by atoms with Crippen molar-refractivity contribution in [2.24, 2.45) is 17.6 Å². The normalized spacial score (nSPS) is 24.5. The van der Waals surface area contributed by atoms with E-state index >= 15 is 0 Å². The molecule has 2 unspecified atom stereocenters. The molecule has 2 amide bonds. The van der Waals surface area contributed by atoms with Crippen LogP contribution < -0.4 is 11.1 Å². The zero-order chi connectivity index (χ0) is 13.2. The van der Waals surface area contributed by atoms with Gasteiger partial charge >= 0.3 is 0 Å². The van der Waals surface area contributed by atoms with Crippen molar-refractivity contribution in [2.45, 2.75) is 10.3 Å². The van der Waals surface area contributed by atoms with Crippen molar-refractivity contribution in [1.29, 1.82) is 0 Å². The second-order valence-electron chi connectivity index (χ2n) is 3.51. The highest BCUT2D eigenvalue weighted by molar-refractivity contribution is 7.80. The summed E-state index contributed by atoms with van der Waals surface area (Å²) in [5.41, 5.74) is 5.21. The maximum Gasteiger partial charge on any atom is 0.267 e. The fourth-order valence-corrected chi connectivity index (χ4v) is 2.25. The Labute approximate surface area is 118 Å². The topological polar surface area (TPSA) is 72.2 Å². The van der Waals surface area contributed by atoms with Crippen LogP contribution in [0.15, 0.2) is 12.2 Å². The van der Waals surface area contributed by atoms with Gasteiger partial charge in [-0.3, -0.25) is 9.59 Å². The maximum atomic E-state index is 11.8. The Hall–Kier alpha value is -0.360. The molecule has 4 nitrogen and oxygen atoms in total. The van der Waals surface area contributed by atoms with Gasteiger partial charge in [0.05, 0.1) is 11.8 Å². The van der Waals surface area contributed by atoms with Gasteiger partial charge in [0.2, 0.25) is 11.8 Å². The number of carbonyl (C=O) groups excluding carboxylic acids is 2. The van der Waals surface area contributed by atoms with Crippen molar-refractivity contribution in [3.05, 3.63) is 12.2 Å². The molecular weight excluding hydrogens is 307 g/mol. The summed E-state index contributed by atoms with van der Waals surface area (Å²) < 4.78 is -1.91. The molecule has 0 aliphatic heterocycles. The third-order valence-electron chi connectivity index (χ3n) is 2.29. The van der Waals surface area contributed by atoms with E-state index in [1.165, 1.54) is 0 Å². The molecule has 0 heterocycles. The second kappa shape index (κ2) is 5.52. The van der Waals surface area contributed by atoms with Crippen LogP contribution in [0.25, 0.3) is 0 Å². The van der Waals surface area contributed by atoms with Crippen LogP contribution in [0.4, 0.5) is 0 Å². The summed E-state index contributed by atoms with van der Waals surface area (Å²) in [6, 6.07) is 0. The van der Waals surface area contributed by atoms with Crippen molar-refractivity contribution < 1.29 is 9.59 Å². The molecule has 2 atom stereocenters. The van der Waals surface area contributed by atoms with Crippen LogP contribution in [0.3, 0.4) is 0 Å². The number of carbonyl (C=O) groups is 2. The van der Waals surface area contributed by atoms with E-state index in [1.807, 2.05) is 0 Å². The molecule has 0 aromatic rings. The smallest absolute Gasteiger partial charge is 0.267 e. The predicted molar refractivity (Wildman–Crippen MR) is 71.0 cm³/mol. The first-order valence-corrected chi connectivity index (χ1v) is 6.15. The average molecular weight is 316 g/mol. The number of halogens is 3. The summed E-state index contributed by atoms with van der Waals surface area (Å²) in [4.78, 5) is 23.4. The maximum absolute atomic E-state index is 11.8. The lowest BCUT2D eigenvalue weighted by molar-refractivity contribution is -0.131.